The molecule has 1 aliphatic rings. The van der Waals surface area contributed by atoms with Crippen molar-refractivity contribution in [1.82, 2.24) is 10.6 Å². The Morgan fingerprint density at radius 3 is 2.87 bits per heavy atom. The van der Waals surface area contributed by atoms with E-state index in [9.17, 15) is 9.90 Å². The molecule has 2 atom stereocenters. The lowest BCUT2D eigenvalue weighted by atomic mass is 10.2. The van der Waals surface area contributed by atoms with E-state index in [0.29, 0.717) is 13.0 Å². The molecular formula is C10H20N2O3. The van der Waals surface area contributed by atoms with E-state index in [1.165, 1.54) is 0 Å². The van der Waals surface area contributed by atoms with E-state index in [0.717, 1.165) is 0 Å². The maximum absolute atomic E-state index is 11.5. The number of hydrogen-bond donors (Lipinski definition) is 3. The first-order valence-corrected chi connectivity index (χ1v) is 5.03. The molecule has 1 heterocycles. The zero-order valence-corrected chi connectivity index (χ0v) is 9.33. The second-order valence-electron chi connectivity index (χ2n) is 4.67. The number of carbonyl (C=O) groups excluding carboxylic acids is 1. The van der Waals surface area contributed by atoms with Gasteiger partial charge in [0.2, 0.25) is 0 Å². The zero-order valence-electron chi connectivity index (χ0n) is 11.3. The third kappa shape index (κ3) is 4.48. The molecule has 88 valence electrons. The largest absolute Gasteiger partial charge is 0.444 e. The van der Waals surface area contributed by atoms with E-state index < -0.39 is 24.3 Å². The fourth-order valence-corrected chi connectivity index (χ4v) is 1.42. The molecule has 15 heavy (non-hydrogen) atoms. The van der Waals surface area contributed by atoms with Crippen LogP contribution in [0, 0.1) is 0 Å². The van der Waals surface area contributed by atoms with Crippen molar-refractivity contribution in [2.45, 2.75) is 44.9 Å². The van der Waals surface area contributed by atoms with E-state index in [-0.39, 0.29) is 6.04 Å². The Hall–Kier alpha value is -0.810. The molecular weight excluding hydrogens is 196 g/mol. The highest BCUT2D eigenvalue weighted by molar-refractivity contribution is 5.68. The first kappa shape index (κ1) is 9.42. The lowest BCUT2D eigenvalue weighted by Gasteiger charge is -2.21. The van der Waals surface area contributed by atoms with Crippen molar-refractivity contribution in [3.8, 4) is 0 Å². The maximum atomic E-state index is 11.5. The van der Waals surface area contributed by atoms with Gasteiger partial charge in [-0.3, -0.25) is 0 Å². The molecule has 1 fully saturated rings. The molecule has 0 aliphatic carbocycles. The molecule has 0 radical (unpaired) electrons. The second-order valence-corrected chi connectivity index (χ2v) is 4.67. The van der Waals surface area contributed by atoms with Crippen molar-refractivity contribution in [2.24, 2.45) is 0 Å². The average Bonchev–Trinajstić information content (AvgIpc) is 2.47. The predicted molar refractivity (Wildman–Crippen MR) is 56.7 cm³/mol. The Bertz CT molecular complexity index is 286. The van der Waals surface area contributed by atoms with Crippen LogP contribution in [0.25, 0.3) is 0 Å². The first-order chi connectivity index (χ1) is 7.58. The number of aliphatic hydroxyl groups is 1. The highest BCUT2D eigenvalue weighted by Gasteiger charge is 2.26. The summed E-state index contributed by atoms with van der Waals surface area (Å²) in [6.45, 7) is 3.46. The van der Waals surface area contributed by atoms with Crippen LogP contribution in [0.4, 0.5) is 4.79 Å². The molecule has 0 bridgehead atoms. The number of amides is 1. The summed E-state index contributed by atoms with van der Waals surface area (Å²) in [7, 11) is 0. The van der Waals surface area contributed by atoms with E-state index in [1.807, 2.05) is 0 Å². The number of alkyl carbamates (subject to hydrolysis) is 1. The van der Waals surface area contributed by atoms with Gasteiger partial charge in [-0.25, -0.2) is 4.79 Å². The van der Waals surface area contributed by atoms with Crippen LogP contribution in [-0.2, 0) is 4.74 Å². The van der Waals surface area contributed by atoms with Crippen molar-refractivity contribution in [1.29, 1.82) is 0 Å². The van der Waals surface area contributed by atoms with Crippen LogP contribution in [0.2, 0.25) is 0 Å². The summed E-state index contributed by atoms with van der Waals surface area (Å²) in [4.78, 5) is 11.5. The van der Waals surface area contributed by atoms with Gasteiger partial charge < -0.3 is 20.5 Å². The average molecular weight is 218 g/mol. The Morgan fingerprint density at radius 2 is 2.40 bits per heavy atom. The molecule has 0 aromatic rings. The van der Waals surface area contributed by atoms with E-state index in [2.05, 4.69) is 10.6 Å². The Balaban J connectivity index is 2.38. The first-order valence-electron chi connectivity index (χ1n) is 6.03. The molecule has 5 nitrogen and oxygen atoms in total. The van der Waals surface area contributed by atoms with Gasteiger partial charge in [0.15, 0.2) is 0 Å². The second kappa shape index (κ2) is 4.81. The molecule has 1 saturated heterocycles. The molecule has 3 N–H and O–H groups in total. The van der Waals surface area contributed by atoms with Crippen LogP contribution in [-0.4, -0.2) is 42.0 Å². The normalized spacial score (nSPS) is 29.3. The molecule has 0 aromatic carbocycles. The molecule has 1 aliphatic heterocycles. The van der Waals surface area contributed by atoms with Crippen LogP contribution in [0.15, 0.2) is 0 Å². The van der Waals surface area contributed by atoms with Crippen LogP contribution >= 0.6 is 0 Å². The highest BCUT2D eigenvalue weighted by atomic mass is 16.6. The molecule has 1 amide bonds. The quantitative estimate of drug-likeness (QED) is 0.620. The Labute approximate surface area is 93.0 Å². The van der Waals surface area contributed by atoms with E-state index >= 15 is 0 Å². The minimum absolute atomic E-state index is 0.225. The summed E-state index contributed by atoms with van der Waals surface area (Å²) in [5.74, 6) is 0. The third-order valence-corrected chi connectivity index (χ3v) is 2.01. The van der Waals surface area contributed by atoms with Gasteiger partial charge in [0, 0.05) is 18.6 Å². The molecule has 0 unspecified atom stereocenters. The highest BCUT2D eigenvalue weighted by Crippen LogP contribution is 2.09. The van der Waals surface area contributed by atoms with Crippen molar-refractivity contribution < 1.29 is 17.4 Å². The zero-order chi connectivity index (χ0) is 13.3. The van der Waals surface area contributed by atoms with Gasteiger partial charge in [0.25, 0.3) is 0 Å². The van der Waals surface area contributed by atoms with E-state index in [1.54, 1.807) is 20.8 Å². The third-order valence-electron chi connectivity index (χ3n) is 2.01. The fourth-order valence-electron chi connectivity index (χ4n) is 1.42. The number of ether oxygens (including phenoxy) is 1. The lowest BCUT2D eigenvalue weighted by molar-refractivity contribution is 0.0507. The molecule has 5 heteroatoms. The van der Waals surface area contributed by atoms with Gasteiger partial charge in [-0.15, -0.1) is 0 Å². The standard InChI is InChI=1S/C10H20N2O3/c1-10(2,3)15-9(14)12-7-4-8(6-13)11-5-7/h7-8,11,13H,4-6H2,1-3H3,(H,12,14)/t7-,8-/m0/s1/i6D2. The number of rotatable bonds is 2. The van der Waals surface area contributed by atoms with Gasteiger partial charge in [0.1, 0.15) is 5.60 Å². The van der Waals surface area contributed by atoms with Gasteiger partial charge in [-0.05, 0) is 27.2 Å². The topological polar surface area (TPSA) is 70.6 Å². The summed E-state index contributed by atoms with van der Waals surface area (Å²) >= 11 is 0. The van der Waals surface area contributed by atoms with Crippen LogP contribution < -0.4 is 10.6 Å². The Kier molecular flexibility index (Phi) is 3.02. The van der Waals surface area contributed by atoms with Crippen molar-refractivity contribution in [3.05, 3.63) is 0 Å². The van der Waals surface area contributed by atoms with Crippen molar-refractivity contribution in [3.63, 3.8) is 0 Å². The minimum Gasteiger partial charge on any atom is -0.444 e. The van der Waals surface area contributed by atoms with Crippen LogP contribution in [0.1, 0.15) is 29.9 Å². The number of nitrogens with one attached hydrogen (secondary N) is 2. The van der Waals surface area contributed by atoms with Crippen LogP contribution in [0.3, 0.4) is 0 Å². The summed E-state index contributed by atoms with van der Waals surface area (Å²) in [6.07, 6.45) is -0.189. The molecule has 0 spiro atoms. The number of carbonyl (C=O) groups is 1. The fraction of sp³-hybridized carbons (Fsp3) is 0.900. The van der Waals surface area contributed by atoms with E-state index in [4.69, 9.17) is 7.48 Å². The summed E-state index contributed by atoms with van der Waals surface area (Å²) in [5.41, 5.74) is -0.554. The van der Waals surface area contributed by atoms with Crippen LogP contribution in [0.5, 0.6) is 0 Å². The van der Waals surface area contributed by atoms with Gasteiger partial charge in [-0.2, -0.15) is 0 Å². The summed E-state index contributed by atoms with van der Waals surface area (Å²) in [6, 6.07) is -0.889. The smallest absolute Gasteiger partial charge is 0.407 e. The van der Waals surface area contributed by atoms with Gasteiger partial charge in [0.05, 0.1) is 9.30 Å². The molecule has 1 rings (SSSR count). The number of hydrogen-bond acceptors (Lipinski definition) is 4. The molecule has 0 aromatic heterocycles. The van der Waals surface area contributed by atoms with Gasteiger partial charge in [-0.1, -0.05) is 0 Å². The van der Waals surface area contributed by atoms with Crippen molar-refractivity contribution in [2.75, 3.05) is 13.1 Å². The SMILES string of the molecule is [2H]C([2H])(O)[C@@H]1C[C@H](NC(=O)OC(C)(C)C)CN1. The summed E-state index contributed by atoms with van der Waals surface area (Å²) < 4.78 is 19.4. The predicted octanol–water partition coefficient (Wildman–Crippen LogP) is 0.234. The monoisotopic (exact) mass is 218 g/mol. The van der Waals surface area contributed by atoms with Crippen molar-refractivity contribution >= 4 is 6.09 Å². The minimum atomic E-state index is -2.27. The van der Waals surface area contributed by atoms with Gasteiger partial charge >= 0.3 is 6.09 Å². The lowest BCUT2D eigenvalue weighted by Crippen LogP contribution is -2.40. The maximum Gasteiger partial charge on any atom is 0.407 e. The Morgan fingerprint density at radius 1 is 1.73 bits per heavy atom. The summed E-state index contributed by atoms with van der Waals surface area (Å²) in [5, 5.41) is 14.6. The molecule has 0 saturated carbocycles.